The van der Waals surface area contributed by atoms with Crippen molar-refractivity contribution >= 4 is 17.5 Å². The standard InChI is InChI=1S/C24H30F2N2O4/c1-31-19-5-4-17(10-20(19)32-23(25)26)27-21(29)18-3-2-6-28(18)22(30)24-11-14-7-15(12-24)9-16(8-14)13-24/h4-5,10,14-16,18,23H,2-3,6-9,11-13H2,1H3,(H,27,29)/t14?,15?,16?,18-,24?/m0/s1. The Morgan fingerprint density at radius 1 is 1.09 bits per heavy atom. The van der Waals surface area contributed by atoms with Crippen LogP contribution < -0.4 is 14.8 Å². The predicted molar refractivity (Wildman–Crippen MR) is 114 cm³/mol. The summed E-state index contributed by atoms with van der Waals surface area (Å²) < 4.78 is 35.0. The van der Waals surface area contributed by atoms with Crippen molar-refractivity contribution in [1.82, 2.24) is 4.90 Å². The molecule has 6 rings (SSSR count). The van der Waals surface area contributed by atoms with E-state index < -0.39 is 12.7 Å². The maximum absolute atomic E-state index is 13.8. The van der Waals surface area contributed by atoms with E-state index in [1.807, 2.05) is 0 Å². The number of nitrogens with zero attached hydrogens (tertiary/aromatic N) is 1. The van der Waals surface area contributed by atoms with E-state index in [4.69, 9.17) is 4.74 Å². The van der Waals surface area contributed by atoms with Crippen molar-refractivity contribution < 1.29 is 27.8 Å². The van der Waals surface area contributed by atoms with Crippen molar-refractivity contribution in [3.05, 3.63) is 18.2 Å². The third kappa shape index (κ3) is 3.82. The summed E-state index contributed by atoms with van der Waals surface area (Å²) in [4.78, 5) is 28.7. The lowest BCUT2D eigenvalue weighted by molar-refractivity contribution is -0.160. The average molecular weight is 449 g/mol. The summed E-state index contributed by atoms with van der Waals surface area (Å²) in [5.74, 6) is 1.86. The first-order valence-corrected chi connectivity index (χ1v) is 11.6. The Hall–Kier alpha value is -2.38. The molecule has 0 unspecified atom stereocenters. The molecule has 4 aliphatic carbocycles. The second-order valence-corrected chi connectivity index (χ2v) is 10.1. The maximum Gasteiger partial charge on any atom is 0.387 e. The molecule has 6 nitrogen and oxygen atoms in total. The van der Waals surface area contributed by atoms with Crippen molar-refractivity contribution in [3.8, 4) is 11.5 Å². The molecule has 4 bridgehead atoms. The highest BCUT2D eigenvalue weighted by Crippen LogP contribution is 2.60. The van der Waals surface area contributed by atoms with Gasteiger partial charge in [0, 0.05) is 18.3 Å². The molecule has 0 aromatic heterocycles. The molecule has 0 spiro atoms. The molecule has 1 N–H and O–H groups in total. The first-order chi connectivity index (χ1) is 15.4. The van der Waals surface area contributed by atoms with Crippen LogP contribution in [0.15, 0.2) is 18.2 Å². The smallest absolute Gasteiger partial charge is 0.387 e. The van der Waals surface area contributed by atoms with Gasteiger partial charge in [-0.3, -0.25) is 9.59 Å². The van der Waals surface area contributed by atoms with Crippen LogP contribution in [0.4, 0.5) is 14.5 Å². The third-order valence-corrected chi connectivity index (χ3v) is 7.96. The lowest BCUT2D eigenvalue weighted by atomic mass is 9.49. The van der Waals surface area contributed by atoms with E-state index in [0.717, 1.165) is 25.7 Å². The summed E-state index contributed by atoms with van der Waals surface area (Å²) in [7, 11) is 1.36. The van der Waals surface area contributed by atoms with Crippen molar-refractivity contribution in [3.63, 3.8) is 0 Å². The van der Waals surface area contributed by atoms with Gasteiger partial charge in [-0.25, -0.2) is 0 Å². The number of nitrogens with one attached hydrogen (secondary N) is 1. The van der Waals surface area contributed by atoms with Crippen LogP contribution in [0.1, 0.15) is 51.4 Å². The largest absolute Gasteiger partial charge is 0.493 e. The highest BCUT2D eigenvalue weighted by Gasteiger charge is 2.56. The normalized spacial score (nSPS) is 32.9. The second-order valence-electron chi connectivity index (χ2n) is 10.1. The van der Waals surface area contributed by atoms with Crippen molar-refractivity contribution in [2.24, 2.45) is 23.2 Å². The van der Waals surface area contributed by atoms with Crippen LogP contribution in [-0.4, -0.2) is 43.0 Å². The quantitative estimate of drug-likeness (QED) is 0.699. The van der Waals surface area contributed by atoms with Crippen molar-refractivity contribution in [2.45, 2.75) is 64.0 Å². The Balaban J connectivity index is 1.31. The Morgan fingerprint density at radius 3 is 2.34 bits per heavy atom. The fourth-order valence-corrected chi connectivity index (χ4v) is 7.13. The minimum atomic E-state index is -3.00. The molecule has 174 valence electrons. The van der Waals surface area contributed by atoms with Gasteiger partial charge in [-0.15, -0.1) is 0 Å². The fourth-order valence-electron chi connectivity index (χ4n) is 7.13. The minimum Gasteiger partial charge on any atom is -0.493 e. The van der Waals surface area contributed by atoms with Crippen molar-refractivity contribution in [1.29, 1.82) is 0 Å². The summed E-state index contributed by atoms with van der Waals surface area (Å²) in [6.45, 7) is -2.40. The number of rotatable bonds is 6. The van der Waals surface area contributed by atoms with Gasteiger partial charge in [0.25, 0.3) is 0 Å². The van der Waals surface area contributed by atoms with Gasteiger partial charge in [-0.1, -0.05) is 0 Å². The highest BCUT2D eigenvalue weighted by molar-refractivity contribution is 5.98. The fraction of sp³-hybridized carbons (Fsp3) is 0.667. The van der Waals surface area contributed by atoms with E-state index in [1.54, 1.807) is 11.0 Å². The molecule has 32 heavy (non-hydrogen) atoms. The molecule has 1 atom stereocenters. The molecule has 0 radical (unpaired) electrons. The molecule has 5 aliphatic rings. The first-order valence-electron chi connectivity index (χ1n) is 11.6. The Labute approximate surface area is 186 Å². The van der Waals surface area contributed by atoms with Crippen LogP contribution in [0, 0.1) is 23.2 Å². The van der Waals surface area contributed by atoms with Gasteiger partial charge in [0.15, 0.2) is 11.5 Å². The number of carbonyl (C=O) groups excluding carboxylic acids is 2. The molecule has 1 aromatic rings. The lowest BCUT2D eigenvalue weighted by Gasteiger charge is -2.56. The molecule has 4 saturated carbocycles. The number of hydrogen-bond donors (Lipinski definition) is 1. The zero-order valence-corrected chi connectivity index (χ0v) is 18.3. The molecule has 2 amide bonds. The van der Waals surface area contributed by atoms with E-state index in [2.05, 4.69) is 10.1 Å². The molecular formula is C24H30F2N2O4. The number of amides is 2. The number of hydrogen-bond acceptors (Lipinski definition) is 4. The molecule has 1 aliphatic heterocycles. The topological polar surface area (TPSA) is 67.9 Å². The summed E-state index contributed by atoms with van der Waals surface area (Å²) in [6, 6.07) is 3.84. The van der Waals surface area contributed by atoms with E-state index in [9.17, 15) is 18.4 Å². The number of anilines is 1. The Morgan fingerprint density at radius 2 is 1.75 bits per heavy atom. The van der Waals surface area contributed by atoms with Gasteiger partial charge in [-0.05, 0) is 81.3 Å². The van der Waals surface area contributed by atoms with Gasteiger partial charge in [0.2, 0.25) is 11.8 Å². The highest BCUT2D eigenvalue weighted by atomic mass is 19.3. The molecule has 1 saturated heterocycles. The van der Waals surface area contributed by atoms with Gasteiger partial charge < -0.3 is 19.7 Å². The third-order valence-electron chi connectivity index (χ3n) is 7.96. The SMILES string of the molecule is COc1ccc(NC(=O)[C@@H]2CCCN2C(=O)C23CC4CC(CC(C4)C2)C3)cc1OC(F)F. The van der Waals surface area contributed by atoms with Crippen LogP contribution in [0.25, 0.3) is 0 Å². The molecule has 8 heteroatoms. The van der Waals surface area contributed by atoms with E-state index in [0.29, 0.717) is 36.4 Å². The van der Waals surface area contributed by atoms with E-state index in [-0.39, 0.29) is 28.7 Å². The summed E-state index contributed by atoms with van der Waals surface area (Å²) in [6.07, 6.45) is 8.09. The first kappa shape index (κ1) is 21.5. The predicted octanol–water partition coefficient (Wildman–Crippen LogP) is 4.44. The number of methoxy groups -OCH3 is 1. The van der Waals surface area contributed by atoms with Crippen LogP contribution in [0.2, 0.25) is 0 Å². The number of likely N-dealkylation sites (tertiary alicyclic amines) is 1. The number of benzene rings is 1. The van der Waals surface area contributed by atoms with Crippen molar-refractivity contribution in [2.75, 3.05) is 19.0 Å². The Bertz CT molecular complexity index is 871. The number of alkyl halides is 2. The second kappa shape index (κ2) is 8.19. The number of carbonyl (C=O) groups is 2. The zero-order valence-electron chi connectivity index (χ0n) is 18.3. The number of ether oxygens (including phenoxy) is 2. The van der Waals surface area contributed by atoms with Gasteiger partial charge in [0.1, 0.15) is 6.04 Å². The molecule has 5 fully saturated rings. The summed E-state index contributed by atoms with van der Waals surface area (Å²) in [5.41, 5.74) is 0.0521. The van der Waals surface area contributed by atoms with Gasteiger partial charge in [-0.2, -0.15) is 8.78 Å². The van der Waals surface area contributed by atoms with Gasteiger partial charge >= 0.3 is 6.61 Å². The average Bonchev–Trinajstić information content (AvgIpc) is 3.22. The molecule has 1 heterocycles. The van der Waals surface area contributed by atoms with Gasteiger partial charge in [0.05, 0.1) is 12.5 Å². The Kier molecular flexibility index (Phi) is 5.50. The van der Waals surface area contributed by atoms with E-state index >= 15 is 0 Å². The monoisotopic (exact) mass is 448 g/mol. The minimum absolute atomic E-state index is 0.145. The van der Waals surface area contributed by atoms with Crippen LogP contribution in [0.3, 0.4) is 0 Å². The summed E-state index contributed by atoms with van der Waals surface area (Å²) in [5, 5.41) is 2.79. The molecular weight excluding hydrogens is 418 g/mol. The zero-order chi connectivity index (χ0) is 22.5. The van der Waals surface area contributed by atoms with Crippen LogP contribution in [0.5, 0.6) is 11.5 Å². The van der Waals surface area contributed by atoms with Crippen LogP contribution in [-0.2, 0) is 9.59 Å². The van der Waals surface area contributed by atoms with E-state index in [1.165, 1.54) is 38.5 Å². The summed E-state index contributed by atoms with van der Waals surface area (Å²) >= 11 is 0. The lowest BCUT2D eigenvalue weighted by Crippen LogP contribution is -2.56. The van der Waals surface area contributed by atoms with Crippen LogP contribution >= 0.6 is 0 Å². The number of halogens is 2. The molecule has 1 aromatic carbocycles. The maximum atomic E-state index is 13.8.